The van der Waals surface area contributed by atoms with Gasteiger partial charge in [-0.2, -0.15) is 0 Å². The molecule has 0 radical (unpaired) electrons. The second-order valence-corrected chi connectivity index (χ2v) is 8.47. The summed E-state index contributed by atoms with van der Waals surface area (Å²) in [7, 11) is 0. The van der Waals surface area contributed by atoms with Crippen molar-refractivity contribution < 1.29 is 14.3 Å². The van der Waals surface area contributed by atoms with Crippen molar-refractivity contribution in [1.29, 1.82) is 0 Å². The quantitative estimate of drug-likeness (QED) is 0.425. The zero-order chi connectivity index (χ0) is 22.0. The highest BCUT2D eigenvalue weighted by Gasteiger charge is 2.41. The number of benzene rings is 3. The van der Waals surface area contributed by atoms with Crippen LogP contribution in [0.2, 0.25) is 5.02 Å². The Morgan fingerprint density at radius 3 is 2.32 bits per heavy atom. The van der Waals surface area contributed by atoms with Crippen LogP contribution in [0.1, 0.15) is 18.1 Å². The number of aryl methyl sites for hydroxylation is 1. The number of halogens is 1. The molecule has 31 heavy (non-hydrogen) atoms. The molecule has 0 aliphatic carbocycles. The first-order valence-electron chi connectivity index (χ1n) is 9.85. The Balaban J connectivity index is 1.82. The van der Waals surface area contributed by atoms with E-state index in [4.69, 9.17) is 16.3 Å². The van der Waals surface area contributed by atoms with E-state index in [1.807, 2.05) is 68.4 Å². The van der Waals surface area contributed by atoms with E-state index in [0.717, 1.165) is 10.5 Å². The van der Waals surface area contributed by atoms with Crippen LogP contribution in [-0.4, -0.2) is 18.4 Å². The van der Waals surface area contributed by atoms with E-state index in [0.29, 0.717) is 39.1 Å². The lowest BCUT2D eigenvalue weighted by molar-refractivity contribution is -0.119. The Labute approximate surface area is 190 Å². The molecule has 0 spiro atoms. The predicted octanol–water partition coefficient (Wildman–Crippen LogP) is 6.12. The molecular formula is C25H20ClNO3S. The van der Waals surface area contributed by atoms with E-state index in [9.17, 15) is 9.59 Å². The number of rotatable bonds is 6. The minimum Gasteiger partial charge on any atom is -0.494 e. The van der Waals surface area contributed by atoms with Gasteiger partial charge in [0.05, 0.1) is 22.8 Å². The monoisotopic (exact) mass is 449 g/mol. The summed E-state index contributed by atoms with van der Waals surface area (Å²) in [5.41, 5.74) is 2.33. The lowest BCUT2D eigenvalue weighted by Gasteiger charge is -2.18. The molecule has 4 nitrogen and oxygen atoms in total. The van der Waals surface area contributed by atoms with Gasteiger partial charge in [0.2, 0.25) is 0 Å². The van der Waals surface area contributed by atoms with Crippen molar-refractivity contribution in [3.63, 3.8) is 0 Å². The molecule has 0 atom stereocenters. The number of hydrogen-bond acceptors (Lipinski definition) is 4. The molecule has 0 N–H and O–H groups in total. The van der Waals surface area contributed by atoms with Gasteiger partial charge in [-0.05, 0) is 61.4 Å². The van der Waals surface area contributed by atoms with Crippen LogP contribution in [0.3, 0.4) is 0 Å². The minimum absolute atomic E-state index is 0.354. The van der Waals surface area contributed by atoms with Crippen molar-refractivity contribution >= 4 is 46.4 Å². The number of thioether (sulfide) groups is 1. The summed E-state index contributed by atoms with van der Waals surface area (Å²) in [4.78, 5) is 29.5. The molecule has 3 aromatic carbocycles. The van der Waals surface area contributed by atoms with Crippen LogP contribution < -0.4 is 9.64 Å². The fourth-order valence-electron chi connectivity index (χ4n) is 3.39. The maximum Gasteiger partial charge on any atom is 0.272 e. The van der Waals surface area contributed by atoms with E-state index in [2.05, 4.69) is 0 Å². The number of imide groups is 1. The first-order valence-corrected chi connectivity index (χ1v) is 11.0. The van der Waals surface area contributed by atoms with E-state index in [-0.39, 0.29) is 11.8 Å². The first-order chi connectivity index (χ1) is 15.0. The van der Waals surface area contributed by atoms with Gasteiger partial charge in [0.1, 0.15) is 5.75 Å². The Morgan fingerprint density at radius 2 is 1.65 bits per heavy atom. The highest BCUT2D eigenvalue weighted by Crippen LogP contribution is 2.42. The molecule has 2 amide bonds. The fraction of sp³-hybridized carbons (Fsp3) is 0.120. The van der Waals surface area contributed by atoms with Crippen LogP contribution in [0, 0.1) is 6.92 Å². The predicted molar refractivity (Wildman–Crippen MR) is 126 cm³/mol. The molecule has 3 aromatic rings. The van der Waals surface area contributed by atoms with E-state index >= 15 is 0 Å². The van der Waals surface area contributed by atoms with Crippen LogP contribution in [0.4, 0.5) is 5.69 Å². The van der Waals surface area contributed by atoms with E-state index in [1.54, 1.807) is 18.2 Å². The molecule has 0 bridgehead atoms. The van der Waals surface area contributed by atoms with Crippen LogP contribution in [0.15, 0.2) is 82.6 Å². The summed E-state index contributed by atoms with van der Waals surface area (Å²) in [6.07, 6.45) is 0. The lowest BCUT2D eigenvalue weighted by atomic mass is 10.1. The Hall–Kier alpha value is -3.02. The number of amides is 2. The molecular weight excluding hydrogens is 430 g/mol. The van der Waals surface area contributed by atoms with Crippen molar-refractivity contribution in [1.82, 2.24) is 0 Å². The van der Waals surface area contributed by atoms with Crippen molar-refractivity contribution in [3.05, 3.63) is 93.9 Å². The second-order valence-electron chi connectivity index (χ2n) is 6.95. The Kier molecular flexibility index (Phi) is 6.16. The molecule has 0 saturated heterocycles. The van der Waals surface area contributed by atoms with Gasteiger partial charge >= 0.3 is 0 Å². The minimum atomic E-state index is -0.363. The van der Waals surface area contributed by atoms with Crippen LogP contribution in [0.5, 0.6) is 5.75 Å². The zero-order valence-corrected chi connectivity index (χ0v) is 18.7. The second kappa shape index (κ2) is 9.00. The number of carbonyl (C=O) groups is 2. The third kappa shape index (κ3) is 4.24. The third-order valence-corrected chi connectivity index (χ3v) is 6.20. The van der Waals surface area contributed by atoms with Gasteiger partial charge in [0.25, 0.3) is 11.8 Å². The summed E-state index contributed by atoms with van der Waals surface area (Å²) in [5.74, 6) is -0.00510. The summed E-state index contributed by atoms with van der Waals surface area (Å²) >= 11 is 7.47. The average molecular weight is 450 g/mol. The van der Waals surface area contributed by atoms with E-state index in [1.165, 1.54) is 16.7 Å². The van der Waals surface area contributed by atoms with Crippen molar-refractivity contribution in [2.24, 2.45) is 0 Å². The molecule has 1 aliphatic heterocycles. The molecule has 0 saturated carbocycles. The number of nitrogens with zero attached hydrogens (tertiary/aromatic N) is 1. The van der Waals surface area contributed by atoms with Gasteiger partial charge in [-0.15, -0.1) is 0 Å². The highest BCUT2D eigenvalue weighted by atomic mass is 35.5. The topological polar surface area (TPSA) is 46.6 Å². The fourth-order valence-corrected chi connectivity index (χ4v) is 4.57. The number of hydrogen-bond donors (Lipinski definition) is 0. The van der Waals surface area contributed by atoms with Crippen molar-refractivity contribution in [3.8, 4) is 5.75 Å². The number of ether oxygens (including phenoxy) is 1. The van der Waals surface area contributed by atoms with Crippen molar-refractivity contribution in [2.75, 3.05) is 11.5 Å². The molecule has 156 valence electrons. The molecule has 4 rings (SSSR count). The molecule has 0 unspecified atom stereocenters. The van der Waals surface area contributed by atoms with E-state index < -0.39 is 0 Å². The average Bonchev–Trinajstić information content (AvgIpc) is 3.01. The standard InChI is InChI=1S/C25H20ClNO3S/c1-3-30-19-13-10-17(11-14-19)22-23(31-20-7-5-4-6-8-20)25(29)27(24(22)28)21-15-18(26)12-9-16(21)2/h4-15H,3H2,1-2H3. The van der Waals surface area contributed by atoms with Crippen LogP contribution in [0.25, 0.3) is 5.57 Å². The third-order valence-electron chi connectivity index (χ3n) is 4.87. The lowest BCUT2D eigenvalue weighted by Crippen LogP contribution is -2.31. The molecule has 1 heterocycles. The molecule has 6 heteroatoms. The molecule has 0 aromatic heterocycles. The smallest absolute Gasteiger partial charge is 0.272 e. The van der Waals surface area contributed by atoms with Crippen LogP contribution >= 0.6 is 23.4 Å². The first kappa shape index (κ1) is 21.2. The largest absolute Gasteiger partial charge is 0.494 e. The van der Waals surface area contributed by atoms with Gasteiger partial charge in [-0.1, -0.05) is 59.8 Å². The van der Waals surface area contributed by atoms with Gasteiger partial charge in [-0.25, -0.2) is 4.90 Å². The Morgan fingerprint density at radius 1 is 0.935 bits per heavy atom. The number of carbonyl (C=O) groups excluding carboxylic acids is 2. The molecule has 0 fully saturated rings. The maximum atomic E-state index is 13.6. The maximum absolute atomic E-state index is 13.6. The summed E-state index contributed by atoms with van der Waals surface area (Å²) in [6, 6.07) is 22.0. The normalized spacial score (nSPS) is 13.8. The van der Waals surface area contributed by atoms with Crippen LogP contribution in [-0.2, 0) is 9.59 Å². The summed E-state index contributed by atoms with van der Waals surface area (Å²) in [5, 5.41) is 0.466. The summed E-state index contributed by atoms with van der Waals surface area (Å²) < 4.78 is 5.52. The molecule has 1 aliphatic rings. The van der Waals surface area contributed by atoms with Gasteiger partial charge in [0.15, 0.2) is 0 Å². The summed E-state index contributed by atoms with van der Waals surface area (Å²) in [6.45, 7) is 4.32. The van der Waals surface area contributed by atoms with Gasteiger partial charge in [-0.3, -0.25) is 9.59 Å². The number of anilines is 1. The van der Waals surface area contributed by atoms with Gasteiger partial charge < -0.3 is 4.74 Å². The SMILES string of the molecule is CCOc1ccc(C2=C(Sc3ccccc3)C(=O)N(c3cc(Cl)ccc3C)C2=O)cc1. The Bertz CT molecular complexity index is 1170. The zero-order valence-electron chi connectivity index (χ0n) is 17.1. The van der Waals surface area contributed by atoms with Crippen molar-refractivity contribution in [2.45, 2.75) is 18.7 Å². The highest BCUT2D eigenvalue weighted by molar-refractivity contribution is 8.04. The van der Waals surface area contributed by atoms with Gasteiger partial charge in [0, 0.05) is 9.92 Å².